The minimum Gasteiger partial charge on any atom is -0.393 e. The van der Waals surface area contributed by atoms with Crippen molar-refractivity contribution in [2.75, 3.05) is 6.61 Å². The smallest absolute Gasteiger partial charge is 0.181 e. The maximum Gasteiger partial charge on any atom is 0.181 e. The molecule has 0 aromatic carbocycles. The van der Waals surface area contributed by atoms with Crippen molar-refractivity contribution in [2.24, 2.45) is 28.6 Å². The molecule has 0 amide bonds. The molecule has 0 bridgehead atoms. The molecular formula is C23H31NO5. The Kier molecular flexibility index (Phi) is 4.12. The second-order valence-corrected chi connectivity index (χ2v) is 10.2. The van der Waals surface area contributed by atoms with Crippen LogP contribution in [0.3, 0.4) is 0 Å². The second-order valence-electron chi connectivity index (χ2n) is 10.2. The summed E-state index contributed by atoms with van der Waals surface area (Å²) in [5.74, 6) is 0.260. The van der Waals surface area contributed by atoms with E-state index in [-0.39, 0.29) is 47.1 Å². The van der Waals surface area contributed by atoms with Crippen LogP contribution in [-0.4, -0.2) is 52.4 Å². The first-order chi connectivity index (χ1) is 13.7. The molecule has 6 heteroatoms. The Hall–Kier alpha value is -1.34. The van der Waals surface area contributed by atoms with Gasteiger partial charge in [-0.2, -0.15) is 0 Å². The fourth-order valence-corrected chi connectivity index (χ4v) is 8.06. The lowest BCUT2D eigenvalue weighted by molar-refractivity contribution is -0.148. The zero-order valence-electron chi connectivity index (χ0n) is 17.4. The zero-order valence-corrected chi connectivity index (χ0v) is 17.4. The average Bonchev–Trinajstić information content (AvgIpc) is 3.12. The quantitative estimate of drug-likeness (QED) is 0.649. The predicted molar refractivity (Wildman–Crippen MR) is 106 cm³/mol. The van der Waals surface area contributed by atoms with Crippen molar-refractivity contribution in [1.29, 1.82) is 0 Å². The highest BCUT2D eigenvalue weighted by Gasteiger charge is 2.74. The number of rotatable bonds is 2. The van der Waals surface area contributed by atoms with E-state index in [1.165, 1.54) is 0 Å². The number of carbonyl (C=O) groups is 2. The van der Waals surface area contributed by atoms with Gasteiger partial charge in [0.1, 0.15) is 18.4 Å². The van der Waals surface area contributed by atoms with Crippen LogP contribution >= 0.6 is 0 Å². The van der Waals surface area contributed by atoms with Crippen molar-refractivity contribution in [1.82, 2.24) is 5.32 Å². The number of ketones is 2. The Bertz CT molecular complexity index is 835. The topological polar surface area (TPSA) is 95.9 Å². The summed E-state index contributed by atoms with van der Waals surface area (Å²) in [6.45, 7) is 5.62. The van der Waals surface area contributed by atoms with Crippen LogP contribution in [-0.2, 0) is 14.3 Å². The molecule has 3 N–H and O–H groups in total. The molecule has 6 nitrogen and oxygen atoms in total. The van der Waals surface area contributed by atoms with Gasteiger partial charge in [0.2, 0.25) is 0 Å². The number of carbonyl (C=O) groups excluding carboxylic acids is 2. The average molecular weight is 402 g/mol. The fraction of sp³-hybridized carbons (Fsp3) is 0.739. The maximum atomic E-state index is 13.1. The molecule has 0 aromatic heterocycles. The lowest BCUT2D eigenvalue weighted by Gasteiger charge is -2.60. The number of fused-ring (bicyclic) bond motifs is 7. The summed E-state index contributed by atoms with van der Waals surface area (Å²) < 4.78 is 6.13. The van der Waals surface area contributed by atoms with Gasteiger partial charge in [0.05, 0.1) is 12.2 Å². The van der Waals surface area contributed by atoms with Gasteiger partial charge >= 0.3 is 0 Å². The van der Waals surface area contributed by atoms with Crippen LogP contribution in [0.5, 0.6) is 0 Å². The molecule has 4 fully saturated rings. The number of allylic oxidation sites excluding steroid dienone is 4. The van der Waals surface area contributed by atoms with E-state index in [9.17, 15) is 19.8 Å². The second kappa shape index (κ2) is 6.10. The van der Waals surface area contributed by atoms with Gasteiger partial charge in [-0.3, -0.25) is 14.9 Å². The van der Waals surface area contributed by atoms with Gasteiger partial charge in [0, 0.05) is 16.7 Å². The Morgan fingerprint density at radius 3 is 2.86 bits per heavy atom. The van der Waals surface area contributed by atoms with Crippen LogP contribution < -0.4 is 5.32 Å². The number of aliphatic hydroxyl groups is 2. The Balaban J connectivity index is 1.59. The van der Waals surface area contributed by atoms with E-state index in [2.05, 4.69) is 19.2 Å². The van der Waals surface area contributed by atoms with E-state index < -0.39 is 23.7 Å². The van der Waals surface area contributed by atoms with Crippen molar-refractivity contribution in [3.8, 4) is 0 Å². The largest absolute Gasteiger partial charge is 0.393 e. The van der Waals surface area contributed by atoms with Crippen molar-refractivity contribution < 1.29 is 24.5 Å². The minimum absolute atomic E-state index is 0.0162. The first-order valence-corrected chi connectivity index (χ1v) is 10.9. The number of hydrogen-bond acceptors (Lipinski definition) is 6. The first kappa shape index (κ1) is 19.6. The van der Waals surface area contributed by atoms with E-state index in [1.807, 2.05) is 13.0 Å². The molecule has 1 unspecified atom stereocenters. The summed E-state index contributed by atoms with van der Waals surface area (Å²) in [6, 6.07) is 0. The highest BCUT2D eigenvalue weighted by atomic mass is 16.5. The molecule has 1 heterocycles. The van der Waals surface area contributed by atoms with E-state index in [4.69, 9.17) is 4.74 Å². The molecule has 1 aliphatic heterocycles. The minimum atomic E-state index is -0.951. The van der Waals surface area contributed by atoms with Gasteiger partial charge in [0.25, 0.3) is 0 Å². The van der Waals surface area contributed by atoms with Gasteiger partial charge in [-0.15, -0.1) is 0 Å². The summed E-state index contributed by atoms with van der Waals surface area (Å²) in [5.41, 5.74) is -0.650. The molecule has 158 valence electrons. The molecule has 5 rings (SSSR count). The fourth-order valence-electron chi connectivity index (χ4n) is 8.06. The van der Waals surface area contributed by atoms with Crippen LogP contribution in [0.25, 0.3) is 0 Å². The third-order valence-corrected chi connectivity index (χ3v) is 9.12. The molecule has 0 spiro atoms. The summed E-state index contributed by atoms with van der Waals surface area (Å²) >= 11 is 0. The van der Waals surface area contributed by atoms with Crippen LogP contribution in [0.1, 0.15) is 46.5 Å². The van der Waals surface area contributed by atoms with Gasteiger partial charge in [0.15, 0.2) is 11.6 Å². The molecule has 4 aliphatic carbocycles. The highest BCUT2D eigenvalue weighted by Crippen LogP contribution is 2.68. The van der Waals surface area contributed by atoms with Crippen LogP contribution in [0.4, 0.5) is 0 Å². The normalized spacial score (nSPS) is 53.0. The van der Waals surface area contributed by atoms with Gasteiger partial charge in [-0.1, -0.05) is 25.5 Å². The lowest BCUT2D eigenvalue weighted by atomic mass is 9.46. The van der Waals surface area contributed by atoms with E-state index >= 15 is 0 Å². The first-order valence-electron chi connectivity index (χ1n) is 10.9. The number of Topliss-reactive ketones (excluding diaryl/α,β-unsaturated/α-hetero) is 1. The monoisotopic (exact) mass is 401 g/mol. The van der Waals surface area contributed by atoms with Gasteiger partial charge < -0.3 is 14.9 Å². The summed E-state index contributed by atoms with van der Waals surface area (Å²) in [6.07, 6.45) is 7.23. The van der Waals surface area contributed by atoms with Crippen molar-refractivity contribution in [3.05, 3.63) is 23.8 Å². The predicted octanol–water partition coefficient (Wildman–Crippen LogP) is 1.51. The van der Waals surface area contributed by atoms with Gasteiger partial charge in [-0.05, 0) is 56.6 Å². The Morgan fingerprint density at radius 1 is 1.38 bits per heavy atom. The number of ether oxygens (including phenoxy) is 1. The van der Waals surface area contributed by atoms with Crippen LogP contribution in [0, 0.1) is 28.6 Å². The molecule has 0 radical (unpaired) electrons. The Morgan fingerprint density at radius 2 is 2.14 bits per heavy atom. The van der Waals surface area contributed by atoms with E-state index in [0.29, 0.717) is 6.42 Å². The van der Waals surface area contributed by atoms with Gasteiger partial charge in [-0.25, -0.2) is 0 Å². The maximum absolute atomic E-state index is 13.1. The molecule has 1 saturated heterocycles. The molecule has 3 saturated carbocycles. The molecule has 9 atom stereocenters. The summed E-state index contributed by atoms with van der Waals surface area (Å²) in [4.78, 5) is 25.0. The third kappa shape index (κ3) is 2.26. The molecule has 29 heavy (non-hydrogen) atoms. The standard InChI is InChI=1S/C23H31NO5/c1-12-24-23(18(28)11-25)19(29-12)9-16-15-5-4-13-8-14(26)6-7-21(13,2)20(15)17(27)10-22(16,23)3/h6-8,12,15-17,19-20,24-25,27H,4-5,9-11H2,1-3H3/t12?,15-,16-,17-,19+,20+,21-,22-,23+/m0/s1. The van der Waals surface area contributed by atoms with Crippen LogP contribution in [0.15, 0.2) is 23.8 Å². The van der Waals surface area contributed by atoms with Crippen molar-refractivity contribution >= 4 is 11.6 Å². The van der Waals surface area contributed by atoms with Crippen LogP contribution in [0.2, 0.25) is 0 Å². The summed E-state index contributed by atoms with van der Waals surface area (Å²) in [7, 11) is 0. The number of nitrogens with one attached hydrogen (secondary N) is 1. The zero-order chi connectivity index (χ0) is 20.8. The highest BCUT2D eigenvalue weighted by molar-refractivity contribution is 6.01. The van der Waals surface area contributed by atoms with Crippen molar-refractivity contribution in [3.63, 3.8) is 0 Å². The molecule has 0 aromatic rings. The SMILES string of the molecule is CC1N[C@]2(C(=O)CO)[C@@H](C[C@H]3[C@@H]4CCC5=CC(=O)C=C[C@]5(C)[C@H]4[C@@H](O)C[C@@]32C)O1. The molecule has 5 aliphatic rings. The van der Waals surface area contributed by atoms with E-state index in [0.717, 1.165) is 24.8 Å². The summed E-state index contributed by atoms with van der Waals surface area (Å²) in [5, 5.41) is 24.6. The van der Waals surface area contributed by atoms with Crippen molar-refractivity contribution in [2.45, 2.75) is 70.4 Å². The third-order valence-electron chi connectivity index (χ3n) is 9.12. The number of aliphatic hydroxyl groups excluding tert-OH is 2. The molecular weight excluding hydrogens is 370 g/mol. The lowest BCUT2D eigenvalue weighted by Crippen LogP contribution is -2.67. The Labute approximate surface area is 171 Å². The van der Waals surface area contributed by atoms with E-state index in [1.54, 1.807) is 12.2 Å². The number of hydrogen-bond donors (Lipinski definition) is 3.